The molecule has 2 aromatic heterocycles. The summed E-state index contributed by atoms with van der Waals surface area (Å²) in [6, 6.07) is 19.1. The molecule has 0 radical (unpaired) electrons. The lowest BCUT2D eigenvalue weighted by molar-refractivity contribution is -0.122. The summed E-state index contributed by atoms with van der Waals surface area (Å²) < 4.78 is 2.37. The maximum Gasteiger partial charge on any atom is 0.220 e. The largest absolute Gasteiger partial charge is 0.361 e. The molecule has 0 saturated carbocycles. The molecule has 0 bridgehead atoms. The second-order valence-electron chi connectivity index (χ2n) is 6.91. The van der Waals surface area contributed by atoms with Crippen LogP contribution < -0.4 is 5.32 Å². The van der Waals surface area contributed by atoms with E-state index in [2.05, 4.69) is 89.2 Å². The summed E-state index contributed by atoms with van der Waals surface area (Å²) in [5, 5.41) is 5.07. The fourth-order valence-corrected chi connectivity index (χ4v) is 3.48. The smallest absolute Gasteiger partial charge is 0.220 e. The fraction of sp³-hybridized carbons (Fsp3) is 0.214. The fourth-order valence-electron chi connectivity index (χ4n) is 3.48. The molecule has 1 amide bonds. The van der Waals surface area contributed by atoms with Gasteiger partial charge in [-0.15, -0.1) is 25.7 Å². The highest BCUT2D eigenvalue weighted by molar-refractivity contribution is 5.83. The number of aryl methyl sites for hydroxylation is 2. The number of H-pyrrole nitrogens is 1. The molecule has 5 heteroatoms. The molecule has 1 aliphatic heterocycles. The normalized spacial score (nSPS) is 10.5. The number of nitrogens with zero attached hydrogens (tertiary/aromatic N) is 1. The minimum Gasteiger partial charge on any atom is -0.361 e. The predicted molar refractivity (Wildman–Crippen MR) is 138 cm³/mol. The molecule has 0 atom stereocenters. The minimum absolute atomic E-state index is 0.0860. The number of fused-ring (bicyclic) bond motifs is 1. The van der Waals surface area contributed by atoms with Gasteiger partial charge in [0.2, 0.25) is 5.91 Å². The van der Waals surface area contributed by atoms with E-state index in [1.165, 1.54) is 46.8 Å². The van der Waals surface area contributed by atoms with Gasteiger partial charge in [-0.1, -0.05) is 36.4 Å². The number of terminal acetylenes is 2. The Morgan fingerprint density at radius 1 is 1.03 bits per heavy atom. The number of nitrogens with one attached hydrogen (secondary N) is 2. The average molecular weight is 442 g/mol. The molecular formula is C28H31N3O2. The summed E-state index contributed by atoms with van der Waals surface area (Å²) in [5.41, 5.74) is 4.19. The SMILES string of the molecule is C#C.C#C.CNC(=O)CCC=O.c1cc2c3c(c1)ccn3CCC2.c1ccc2[nH]ccc2c1. The van der Waals surface area contributed by atoms with Crippen LogP contribution in [0, 0.1) is 25.7 Å². The van der Waals surface area contributed by atoms with Gasteiger partial charge >= 0.3 is 0 Å². The van der Waals surface area contributed by atoms with Gasteiger partial charge in [-0.05, 0) is 47.4 Å². The second kappa shape index (κ2) is 15.6. The molecule has 4 aromatic rings. The van der Waals surface area contributed by atoms with Crippen molar-refractivity contribution >= 4 is 34.0 Å². The third kappa shape index (κ3) is 8.09. The average Bonchev–Trinajstić information content (AvgIpc) is 3.55. The van der Waals surface area contributed by atoms with Gasteiger partial charge in [0.15, 0.2) is 0 Å². The zero-order valence-corrected chi connectivity index (χ0v) is 19.0. The molecule has 3 heterocycles. The van der Waals surface area contributed by atoms with E-state index in [0.29, 0.717) is 12.8 Å². The Labute approximate surface area is 196 Å². The predicted octanol–water partition coefficient (Wildman–Crippen LogP) is 4.97. The van der Waals surface area contributed by atoms with Crippen molar-refractivity contribution < 1.29 is 9.59 Å². The number of benzene rings is 2. The molecule has 1 aliphatic rings. The van der Waals surface area contributed by atoms with Crippen molar-refractivity contribution in [3.8, 4) is 25.7 Å². The van der Waals surface area contributed by atoms with Crippen molar-refractivity contribution in [3.63, 3.8) is 0 Å². The number of para-hydroxylation sites is 2. The number of carbonyl (C=O) groups is 2. The first-order valence-corrected chi connectivity index (χ1v) is 10.6. The third-order valence-corrected chi connectivity index (χ3v) is 4.95. The van der Waals surface area contributed by atoms with E-state index >= 15 is 0 Å². The van der Waals surface area contributed by atoms with Crippen molar-refractivity contribution in [2.24, 2.45) is 0 Å². The first-order chi connectivity index (χ1) is 16.2. The first kappa shape index (κ1) is 26.8. The van der Waals surface area contributed by atoms with E-state index in [4.69, 9.17) is 0 Å². The highest BCUT2D eigenvalue weighted by atomic mass is 16.1. The van der Waals surface area contributed by atoms with Crippen molar-refractivity contribution in [1.82, 2.24) is 14.9 Å². The second-order valence-corrected chi connectivity index (χ2v) is 6.91. The van der Waals surface area contributed by atoms with Crippen LogP contribution >= 0.6 is 0 Å². The van der Waals surface area contributed by atoms with Crippen molar-refractivity contribution in [2.75, 3.05) is 7.05 Å². The lowest BCUT2D eigenvalue weighted by Gasteiger charge is -2.14. The summed E-state index contributed by atoms with van der Waals surface area (Å²) in [4.78, 5) is 23.1. The lowest BCUT2D eigenvalue weighted by atomic mass is 10.0. The van der Waals surface area contributed by atoms with Crippen molar-refractivity contribution in [3.05, 3.63) is 72.6 Å². The van der Waals surface area contributed by atoms with Gasteiger partial charge in [0, 0.05) is 44.3 Å². The van der Waals surface area contributed by atoms with Crippen LogP contribution in [0.15, 0.2) is 67.0 Å². The third-order valence-electron chi connectivity index (χ3n) is 4.95. The number of aromatic nitrogens is 2. The van der Waals surface area contributed by atoms with Gasteiger partial charge in [0.05, 0.1) is 5.52 Å². The van der Waals surface area contributed by atoms with Gasteiger partial charge in [0.1, 0.15) is 6.29 Å². The Hall–Kier alpha value is -4.22. The Bertz CT molecular complexity index is 1130. The monoisotopic (exact) mass is 441 g/mol. The zero-order valence-electron chi connectivity index (χ0n) is 19.0. The zero-order chi connectivity index (χ0) is 24.5. The van der Waals surface area contributed by atoms with Crippen LogP contribution in [-0.4, -0.2) is 28.8 Å². The standard InChI is InChI=1S/C11H11N.C8H7N.C5H9NO2.2C2H2/c1-3-9-5-2-7-12-8-6-10(4-1)11(9)12;1-2-4-8-7(3-1)5-6-9-8;1-6-5(8)3-2-4-7;2*1-2/h1,3-4,6,8H,2,5,7H2;1-6,9H;4H,2-3H2,1H3,(H,6,8);2*1-2H. The quantitative estimate of drug-likeness (QED) is 0.348. The van der Waals surface area contributed by atoms with E-state index < -0.39 is 0 Å². The number of rotatable bonds is 3. The number of amides is 1. The van der Waals surface area contributed by atoms with Gasteiger partial charge in [-0.3, -0.25) is 4.79 Å². The molecule has 5 nitrogen and oxygen atoms in total. The van der Waals surface area contributed by atoms with E-state index in [-0.39, 0.29) is 5.91 Å². The molecule has 170 valence electrons. The summed E-state index contributed by atoms with van der Waals surface area (Å²) in [7, 11) is 1.55. The lowest BCUT2D eigenvalue weighted by Crippen LogP contribution is -2.16. The van der Waals surface area contributed by atoms with Crippen LogP contribution in [0.25, 0.3) is 21.8 Å². The molecule has 0 unspecified atom stereocenters. The maximum absolute atomic E-state index is 10.3. The highest BCUT2D eigenvalue weighted by Gasteiger charge is 2.10. The van der Waals surface area contributed by atoms with Crippen LogP contribution in [0.2, 0.25) is 0 Å². The van der Waals surface area contributed by atoms with Crippen LogP contribution in [0.5, 0.6) is 0 Å². The maximum atomic E-state index is 10.3. The molecule has 2 N–H and O–H groups in total. The summed E-state index contributed by atoms with van der Waals surface area (Å²) in [6.07, 6.45) is 24.1. The van der Waals surface area contributed by atoms with Gasteiger partial charge in [0.25, 0.3) is 0 Å². The first-order valence-electron chi connectivity index (χ1n) is 10.6. The molecule has 0 spiro atoms. The van der Waals surface area contributed by atoms with Crippen molar-refractivity contribution in [1.29, 1.82) is 0 Å². The van der Waals surface area contributed by atoms with Gasteiger partial charge in [-0.25, -0.2) is 0 Å². The number of carbonyl (C=O) groups excluding carboxylic acids is 2. The Morgan fingerprint density at radius 3 is 2.45 bits per heavy atom. The molecule has 5 rings (SSSR count). The summed E-state index contributed by atoms with van der Waals surface area (Å²) >= 11 is 0. The Morgan fingerprint density at radius 2 is 1.76 bits per heavy atom. The molecule has 2 aromatic carbocycles. The molecular weight excluding hydrogens is 410 g/mol. The topological polar surface area (TPSA) is 66.9 Å². The van der Waals surface area contributed by atoms with Crippen LogP contribution in [0.1, 0.15) is 24.8 Å². The Kier molecular flexibility index (Phi) is 12.6. The molecule has 0 saturated heterocycles. The van der Waals surface area contributed by atoms with Crippen LogP contribution in [-0.2, 0) is 22.6 Å². The highest BCUT2D eigenvalue weighted by Crippen LogP contribution is 2.25. The molecule has 33 heavy (non-hydrogen) atoms. The summed E-state index contributed by atoms with van der Waals surface area (Å²) in [5.74, 6) is -0.0860. The van der Waals surface area contributed by atoms with Gasteiger partial charge in [-0.2, -0.15) is 0 Å². The number of aldehydes is 1. The van der Waals surface area contributed by atoms with E-state index in [0.717, 1.165) is 6.29 Å². The number of hydrogen-bond donors (Lipinski definition) is 2. The van der Waals surface area contributed by atoms with Crippen LogP contribution in [0.3, 0.4) is 0 Å². The van der Waals surface area contributed by atoms with E-state index in [1.807, 2.05) is 18.3 Å². The number of aromatic amines is 1. The summed E-state index contributed by atoms with van der Waals surface area (Å²) in [6.45, 7) is 1.19. The Balaban J connectivity index is 0.000000236. The molecule has 0 fully saturated rings. The van der Waals surface area contributed by atoms with E-state index in [1.54, 1.807) is 7.05 Å². The minimum atomic E-state index is -0.0860. The van der Waals surface area contributed by atoms with Gasteiger partial charge < -0.3 is 19.7 Å². The molecule has 0 aliphatic carbocycles. The van der Waals surface area contributed by atoms with E-state index in [9.17, 15) is 9.59 Å². The number of hydrogen-bond acceptors (Lipinski definition) is 2. The van der Waals surface area contributed by atoms with Crippen LogP contribution in [0.4, 0.5) is 0 Å². The van der Waals surface area contributed by atoms with Crippen molar-refractivity contribution in [2.45, 2.75) is 32.2 Å².